The Morgan fingerprint density at radius 3 is 2.85 bits per heavy atom. The lowest BCUT2D eigenvalue weighted by Crippen LogP contribution is -2.14. The van der Waals surface area contributed by atoms with E-state index in [1.807, 2.05) is 6.07 Å². The number of nitrogens with one attached hydrogen (secondary N) is 1. The van der Waals surface area contributed by atoms with Gasteiger partial charge in [-0.3, -0.25) is 9.78 Å². The maximum Gasteiger partial charge on any atom is 0.260 e. The lowest BCUT2D eigenvalue weighted by atomic mass is 10.1. The van der Waals surface area contributed by atoms with Crippen molar-refractivity contribution in [2.75, 3.05) is 5.32 Å². The van der Waals surface area contributed by atoms with Gasteiger partial charge in [-0.1, -0.05) is 12.1 Å². The molecule has 0 radical (unpaired) electrons. The van der Waals surface area contributed by atoms with E-state index in [-0.39, 0.29) is 5.56 Å². The quantitative estimate of drug-likeness (QED) is 0.726. The zero-order valence-corrected chi connectivity index (χ0v) is 10.4. The van der Waals surface area contributed by atoms with Crippen molar-refractivity contribution in [1.82, 2.24) is 9.97 Å². The molecule has 20 heavy (non-hydrogen) atoms. The SMILES string of the molecule is O=C(Nc1cccc2cnccc12)c1cccnc1F. The number of halogens is 1. The summed E-state index contributed by atoms with van der Waals surface area (Å²) in [5, 5.41) is 4.44. The van der Waals surface area contributed by atoms with E-state index in [4.69, 9.17) is 0 Å². The van der Waals surface area contributed by atoms with Crippen LogP contribution in [-0.4, -0.2) is 15.9 Å². The standard InChI is InChI=1S/C15H10FN3O/c16-14-12(4-2-7-18-14)15(20)19-13-5-1-3-10-9-17-8-6-11(10)13/h1-9H,(H,19,20). The zero-order chi connectivity index (χ0) is 13.9. The summed E-state index contributed by atoms with van der Waals surface area (Å²) >= 11 is 0. The summed E-state index contributed by atoms with van der Waals surface area (Å²) in [5.74, 6) is -1.31. The van der Waals surface area contributed by atoms with Gasteiger partial charge in [0, 0.05) is 35.1 Å². The van der Waals surface area contributed by atoms with Crippen molar-refractivity contribution < 1.29 is 9.18 Å². The first kappa shape index (κ1) is 12.2. The number of aromatic nitrogens is 2. The average molecular weight is 267 g/mol. The van der Waals surface area contributed by atoms with E-state index in [1.54, 1.807) is 30.6 Å². The van der Waals surface area contributed by atoms with Gasteiger partial charge in [0.25, 0.3) is 5.91 Å². The largest absolute Gasteiger partial charge is 0.321 e. The van der Waals surface area contributed by atoms with Gasteiger partial charge >= 0.3 is 0 Å². The Hall–Kier alpha value is -2.82. The number of hydrogen-bond donors (Lipinski definition) is 1. The molecule has 0 fully saturated rings. The van der Waals surface area contributed by atoms with E-state index in [2.05, 4.69) is 15.3 Å². The number of benzene rings is 1. The Morgan fingerprint density at radius 2 is 2.00 bits per heavy atom. The molecule has 98 valence electrons. The summed E-state index contributed by atoms with van der Waals surface area (Å²) in [6.07, 6.45) is 4.65. The molecular formula is C15H10FN3O. The number of hydrogen-bond acceptors (Lipinski definition) is 3. The van der Waals surface area contributed by atoms with Gasteiger partial charge in [-0.2, -0.15) is 4.39 Å². The first-order valence-electron chi connectivity index (χ1n) is 6.00. The van der Waals surface area contributed by atoms with Gasteiger partial charge in [0.15, 0.2) is 0 Å². The normalized spacial score (nSPS) is 10.4. The van der Waals surface area contributed by atoms with Crippen LogP contribution in [0.5, 0.6) is 0 Å². The number of nitrogens with zero attached hydrogens (tertiary/aromatic N) is 2. The Labute approximate surface area is 114 Å². The summed E-state index contributed by atoms with van der Waals surface area (Å²) in [5.41, 5.74) is 0.525. The van der Waals surface area contributed by atoms with Crippen molar-refractivity contribution in [1.29, 1.82) is 0 Å². The van der Waals surface area contributed by atoms with Crippen molar-refractivity contribution >= 4 is 22.4 Å². The summed E-state index contributed by atoms with van der Waals surface area (Å²) in [6.45, 7) is 0. The molecule has 0 saturated carbocycles. The number of fused-ring (bicyclic) bond motifs is 1. The van der Waals surface area contributed by atoms with Gasteiger partial charge in [-0.15, -0.1) is 0 Å². The molecule has 0 aliphatic heterocycles. The average Bonchev–Trinajstić information content (AvgIpc) is 2.48. The molecular weight excluding hydrogens is 257 g/mol. The Bertz CT molecular complexity index is 783. The summed E-state index contributed by atoms with van der Waals surface area (Å²) in [6, 6.07) is 10.2. The van der Waals surface area contributed by atoms with Crippen molar-refractivity contribution in [2.45, 2.75) is 0 Å². The van der Waals surface area contributed by atoms with Crippen LogP contribution < -0.4 is 5.32 Å². The highest BCUT2D eigenvalue weighted by Gasteiger charge is 2.13. The molecule has 3 rings (SSSR count). The smallest absolute Gasteiger partial charge is 0.260 e. The molecule has 1 aromatic carbocycles. The van der Waals surface area contributed by atoms with Gasteiger partial charge < -0.3 is 5.32 Å². The molecule has 4 nitrogen and oxygen atoms in total. The summed E-state index contributed by atoms with van der Waals surface area (Å²) in [7, 11) is 0. The van der Waals surface area contributed by atoms with Gasteiger partial charge in [0.05, 0.1) is 5.56 Å². The Morgan fingerprint density at radius 1 is 1.10 bits per heavy atom. The van der Waals surface area contributed by atoms with Crippen LogP contribution in [0.1, 0.15) is 10.4 Å². The Balaban J connectivity index is 1.98. The van der Waals surface area contributed by atoms with Gasteiger partial charge in [0.2, 0.25) is 5.95 Å². The fourth-order valence-corrected chi connectivity index (χ4v) is 1.98. The van der Waals surface area contributed by atoms with Crippen LogP contribution >= 0.6 is 0 Å². The lowest BCUT2D eigenvalue weighted by Gasteiger charge is -2.08. The highest BCUT2D eigenvalue weighted by Crippen LogP contribution is 2.22. The first-order chi connectivity index (χ1) is 9.75. The lowest BCUT2D eigenvalue weighted by molar-refractivity contribution is 0.102. The fourth-order valence-electron chi connectivity index (χ4n) is 1.98. The number of pyridine rings is 2. The molecule has 0 bridgehead atoms. The van der Waals surface area contributed by atoms with E-state index in [9.17, 15) is 9.18 Å². The number of carbonyl (C=O) groups excluding carboxylic acids is 1. The van der Waals surface area contributed by atoms with Crippen LogP contribution in [-0.2, 0) is 0 Å². The summed E-state index contributed by atoms with van der Waals surface area (Å²) in [4.78, 5) is 19.6. The molecule has 2 aromatic heterocycles. The molecule has 0 unspecified atom stereocenters. The van der Waals surface area contributed by atoms with Crippen LogP contribution in [0.4, 0.5) is 10.1 Å². The molecule has 0 spiro atoms. The van der Waals surface area contributed by atoms with E-state index >= 15 is 0 Å². The third-order valence-corrected chi connectivity index (χ3v) is 2.93. The number of rotatable bonds is 2. The maximum absolute atomic E-state index is 13.5. The minimum atomic E-state index is -0.785. The maximum atomic E-state index is 13.5. The topological polar surface area (TPSA) is 54.9 Å². The minimum absolute atomic E-state index is 0.0847. The second-order valence-electron chi connectivity index (χ2n) is 4.20. The highest BCUT2D eigenvalue weighted by atomic mass is 19.1. The van der Waals surface area contributed by atoms with Crippen LogP contribution in [0.2, 0.25) is 0 Å². The van der Waals surface area contributed by atoms with Crippen LogP contribution in [0.25, 0.3) is 10.8 Å². The van der Waals surface area contributed by atoms with E-state index in [1.165, 1.54) is 18.3 Å². The molecule has 0 aliphatic carbocycles. The minimum Gasteiger partial charge on any atom is -0.321 e. The third-order valence-electron chi connectivity index (χ3n) is 2.93. The molecule has 0 saturated heterocycles. The highest BCUT2D eigenvalue weighted by molar-refractivity contribution is 6.08. The van der Waals surface area contributed by atoms with Crippen LogP contribution in [0, 0.1) is 5.95 Å². The van der Waals surface area contributed by atoms with E-state index in [0.29, 0.717) is 5.69 Å². The second kappa shape index (κ2) is 5.05. The third kappa shape index (κ3) is 2.21. The van der Waals surface area contributed by atoms with Gasteiger partial charge in [0.1, 0.15) is 0 Å². The molecule has 3 aromatic rings. The first-order valence-corrected chi connectivity index (χ1v) is 6.00. The van der Waals surface area contributed by atoms with Crippen molar-refractivity contribution in [3.63, 3.8) is 0 Å². The predicted molar refractivity (Wildman–Crippen MR) is 73.9 cm³/mol. The second-order valence-corrected chi connectivity index (χ2v) is 4.20. The van der Waals surface area contributed by atoms with Gasteiger partial charge in [-0.05, 0) is 24.3 Å². The van der Waals surface area contributed by atoms with Crippen molar-refractivity contribution in [3.8, 4) is 0 Å². The van der Waals surface area contributed by atoms with E-state index in [0.717, 1.165) is 10.8 Å². The van der Waals surface area contributed by atoms with Crippen LogP contribution in [0.3, 0.4) is 0 Å². The molecule has 5 heteroatoms. The molecule has 0 aliphatic rings. The number of anilines is 1. The number of carbonyl (C=O) groups is 1. The fraction of sp³-hybridized carbons (Fsp3) is 0. The van der Waals surface area contributed by atoms with Crippen LogP contribution in [0.15, 0.2) is 55.0 Å². The van der Waals surface area contributed by atoms with E-state index < -0.39 is 11.9 Å². The molecule has 0 atom stereocenters. The predicted octanol–water partition coefficient (Wildman–Crippen LogP) is 3.02. The molecule has 1 N–H and O–H groups in total. The summed E-state index contributed by atoms with van der Waals surface area (Å²) < 4.78 is 13.5. The molecule has 1 amide bonds. The zero-order valence-electron chi connectivity index (χ0n) is 10.4. The monoisotopic (exact) mass is 267 g/mol. The molecule has 2 heterocycles. The van der Waals surface area contributed by atoms with Crippen molar-refractivity contribution in [3.05, 3.63) is 66.5 Å². The number of amides is 1. The van der Waals surface area contributed by atoms with Gasteiger partial charge in [-0.25, -0.2) is 4.98 Å². The Kier molecular flexibility index (Phi) is 3.09. The van der Waals surface area contributed by atoms with Crippen molar-refractivity contribution in [2.24, 2.45) is 0 Å².